The molecule has 1 aliphatic carbocycles. The number of hydrogen-bond acceptors (Lipinski definition) is 3. The first-order chi connectivity index (χ1) is 9.60. The number of carbonyl (C=O) groups is 1. The van der Waals surface area contributed by atoms with Crippen LogP contribution in [0.5, 0.6) is 5.75 Å². The van der Waals surface area contributed by atoms with Crippen LogP contribution in [0.2, 0.25) is 0 Å². The molecule has 0 N–H and O–H groups in total. The van der Waals surface area contributed by atoms with E-state index in [1.807, 2.05) is 26.0 Å². The van der Waals surface area contributed by atoms with Crippen molar-refractivity contribution < 1.29 is 9.53 Å². The molecular formula is C16H20N2O2. The molecule has 1 amide bonds. The monoisotopic (exact) mass is 272 g/mol. The summed E-state index contributed by atoms with van der Waals surface area (Å²) in [5.41, 5.74) is 2.30. The molecule has 20 heavy (non-hydrogen) atoms. The van der Waals surface area contributed by atoms with Crippen molar-refractivity contribution in [2.45, 2.75) is 39.2 Å². The second-order valence-corrected chi connectivity index (χ2v) is 5.33. The average molecular weight is 272 g/mol. The second kappa shape index (κ2) is 6.42. The van der Waals surface area contributed by atoms with Crippen molar-refractivity contribution in [2.24, 2.45) is 0 Å². The summed E-state index contributed by atoms with van der Waals surface area (Å²) in [6, 6.07) is 8.35. The number of amides is 1. The molecule has 0 aromatic heterocycles. The van der Waals surface area contributed by atoms with Gasteiger partial charge in [-0.15, -0.1) is 0 Å². The molecule has 1 aromatic carbocycles. The molecule has 106 valence electrons. The van der Waals surface area contributed by atoms with E-state index >= 15 is 0 Å². The molecule has 0 spiro atoms. The van der Waals surface area contributed by atoms with Gasteiger partial charge in [0.2, 0.25) is 5.91 Å². The predicted octanol–water partition coefficient (Wildman–Crippen LogP) is 2.59. The van der Waals surface area contributed by atoms with E-state index in [9.17, 15) is 4.79 Å². The van der Waals surface area contributed by atoms with E-state index in [0.717, 1.165) is 29.7 Å². The van der Waals surface area contributed by atoms with E-state index in [1.165, 1.54) is 0 Å². The topological polar surface area (TPSA) is 53.3 Å². The van der Waals surface area contributed by atoms with Crippen molar-refractivity contribution in [3.05, 3.63) is 29.3 Å². The second-order valence-electron chi connectivity index (χ2n) is 5.33. The van der Waals surface area contributed by atoms with E-state index in [-0.39, 0.29) is 18.5 Å². The molecule has 0 radical (unpaired) electrons. The van der Waals surface area contributed by atoms with Crippen LogP contribution in [-0.4, -0.2) is 30.0 Å². The molecule has 0 heterocycles. The Hall–Kier alpha value is -2.02. The largest absolute Gasteiger partial charge is 0.493 e. The Morgan fingerprint density at radius 3 is 2.55 bits per heavy atom. The lowest BCUT2D eigenvalue weighted by molar-refractivity contribution is -0.131. The predicted molar refractivity (Wildman–Crippen MR) is 76.4 cm³/mol. The van der Waals surface area contributed by atoms with Gasteiger partial charge < -0.3 is 9.64 Å². The van der Waals surface area contributed by atoms with Gasteiger partial charge in [-0.1, -0.05) is 6.07 Å². The van der Waals surface area contributed by atoms with Crippen molar-refractivity contribution >= 4 is 5.91 Å². The summed E-state index contributed by atoms with van der Waals surface area (Å²) >= 11 is 0. The van der Waals surface area contributed by atoms with E-state index in [0.29, 0.717) is 13.0 Å². The maximum Gasteiger partial charge on any atom is 0.227 e. The summed E-state index contributed by atoms with van der Waals surface area (Å²) < 4.78 is 5.64. The number of carbonyl (C=O) groups excluding carboxylic acids is 1. The number of nitrogens with zero attached hydrogens (tertiary/aromatic N) is 2. The fourth-order valence-corrected chi connectivity index (χ4v) is 2.30. The molecule has 4 heteroatoms. The van der Waals surface area contributed by atoms with Gasteiger partial charge in [0.15, 0.2) is 0 Å². The number of nitriles is 1. The fourth-order valence-electron chi connectivity index (χ4n) is 2.30. The molecule has 1 aromatic rings. The number of rotatable bonds is 6. The minimum absolute atomic E-state index is 0.0124. The molecule has 0 bridgehead atoms. The number of benzene rings is 1. The quantitative estimate of drug-likeness (QED) is 0.748. The van der Waals surface area contributed by atoms with Crippen LogP contribution in [-0.2, 0) is 4.79 Å². The molecule has 1 saturated carbocycles. The zero-order chi connectivity index (χ0) is 14.5. The van der Waals surface area contributed by atoms with E-state index < -0.39 is 0 Å². The summed E-state index contributed by atoms with van der Waals surface area (Å²) in [5.74, 6) is 0.812. The highest BCUT2D eigenvalue weighted by Crippen LogP contribution is 2.27. The van der Waals surface area contributed by atoms with Gasteiger partial charge >= 0.3 is 0 Å². The van der Waals surface area contributed by atoms with Crippen LogP contribution < -0.4 is 4.74 Å². The van der Waals surface area contributed by atoms with Gasteiger partial charge in [-0.2, -0.15) is 5.26 Å². The van der Waals surface area contributed by atoms with Gasteiger partial charge in [0.05, 0.1) is 19.1 Å². The first-order valence-corrected chi connectivity index (χ1v) is 6.97. The Morgan fingerprint density at radius 2 is 2.00 bits per heavy atom. The molecule has 0 aliphatic heterocycles. The third-order valence-electron chi connectivity index (χ3n) is 3.33. The van der Waals surface area contributed by atoms with Crippen LogP contribution >= 0.6 is 0 Å². The summed E-state index contributed by atoms with van der Waals surface area (Å²) in [5, 5.41) is 8.75. The standard InChI is InChI=1S/C16H20N2O2/c1-12-9-13(2)11-15(10-12)20-8-5-16(19)18(7-6-17)14-3-4-14/h9-11,14H,3-5,7-8H2,1-2H3. The Balaban J connectivity index is 1.82. The first kappa shape index (κ1) is 14.4. The maximum absolute atomic E-state index is 12.0. The van der Waals surface area contributed by atoms with Gasteiger partial charge in [0.25, 0.3) is 0 Å². The Kier molecular flexibility index (Phi) is 4.62. The van der Waals surface area contributed by atoms with E-state index in [4.69, 9.17) is 10.00 Å². The zero-order valence-electron chi connectivity index (χ0n) is 12.1. The highest BCUT2D eigenvalue weighted by atomic mass is 16.5. The lowest BCUT2D eigenvalue weighted by Gasteiger charge is -2.19. The summed E-state index contributed by atoms with van der Waals surface area (Å²) in [4.78, 5) is 13.7. The molecule has 1 fully saturated rings. The van der Waals surface area contributed by atoms with Gasteiger partial charge in [-0.3, -0.25) is 4.79 Å². The van der Waals surface area contributed by atoms with Gasteiger partial charge in [0.1, 0.15) is 12.3 Å². The van der Waals surface area contributed by atoms with Crippen molar-refractivity contribution in [1.82, 2.24) is 4.90 Å². The van der Waals surface area contributed by atoms with Crippen LogP contribution in [0.4, 0.5) is 0 Å². The smallest absolute Gasteiger partial charge is 0.227 e. The van der Waals surface area contributed by atoms with Gasteiger partial charge in [0, 0.05) is 6.04 Å². The highest BCUT2D eigenvalue weighted by Gasteiger charge is 2.31. The minimum Gasteiger partial charge on any atom is -0.493 e. The summed E-state index contributed by atoms with van der Waals surface area (Å²) in [7, 11) is 0. The summed E-state index contributed by atoms with van der Waals surface area (Å²) in [6.45, 7) is 4.59. The Labute approximate surface area is 120 Å². The van der Waals surface area contributed by atoms with Crippen molar-refractivity contribution in [3.63, 3.8) is 0 Å². The maximum atomic E-state index is 12.0. The molecule has 0 saturated heterocycles. The van der Waals surface area contributed by atoms with Crippen LogP contribution in [0, 0.1) is 25.2 Å². The molecule has 4 nitrogen and oxygen atoms in total. The van der Waals surface area contributed by atoms with Crippen LogP contribution in [0.15, 0.2) is 18.2 Å². The molecule has 0 atom stereocenters. The number of hydrogen-bond donors (Lipinski definition) is 0. The van der Waals surface area contributed by atoms with E-state index in [1.54, 1.807) is 4.90 Å². The minimum atomic E-state index is 0.0124. The van der Waals surface area contributed by atoms with Crippen LogP contribution in [0.3, 0.4) is 0 Å². The Morgan fingerprint density at radius 1 is 1.35 bits per heavy atom. The number of ether oxygens (including phenoxy) is 1. The van der Waals surface area contributed by atoms with Crippen LogP contribution in [0.25, 0.3) is 0 Å². The first-order valence-electron chi connectivity index (χ1n) is 6.97. The Bertz CT molecular complexity index is 510. The lowest BCUT2D eigenvalue weighted by atomic mass is 10.1. The molecular weight excluding hydrogens is 252 g/mol. The average Bonchev–Trinajstić information content (AvgIpc) is 3.18. The summed E-state index contributed by atoms with van der Waals surface area (Å²) in [6.07, 6.45) is 2.36. The van der Waals surface area contributed by atoms with Crippen molar-refractivity contribution in [1.29, 1.82) is 5.26 Å². The van der Waals surface area contributed by atoms with Crippen LogP contribution in [0.1, 0.15) is 30.4 Å². The molecule has 0 unspecified atom stereocenters. The fraction of sp³-hybridized carbons (Fsp3) is 0.500. The number of aryl methyl sites for hydroxylation is 2. The van der Waals surface area contributed by atoms with E-state index in [2.05, 4.69) is 12.1 Å². The van der Waals surface area contributed by atoms with Crippen molar-refractivity contribution in [3.8, 4) is 11.8 Å². The highest BCUT2D eigenvalue weighted by molar-refractivity contribution is 5.77. The molecule has 1 aliphatic rings. The molecule has 2 rings (SSSR count). The lowest BCUT2D eigenvalue weighted by Crippen LogP contribution is -2.34. The van der Waals surface area contributed by atoms with Gasteiger partial charge in [-0.05, 0) is 49.9 Å². The third-order valence-corrected chi connectivity index (χ3v) is 3.33. The third kappa shape index (κ3) is 3.99. The van der Waals surface area contributed by atoms with Gasteiger partial charge in [-0.25, -0.2) is 0 Å². The SMILES string of the molecule is Cc1cc(C)cc(OCCC(=O)N(CC#N)C2CC2)c1. The van der Waals surface area contributed by atoms with Crippen molar-refractivity contribution in [2.75, 3.05) is 13.2 Å². The zero-order valence-corrected chi connectivity index (χ0v) is 12.1. The normalized spacial score (nSPS) is 13.7.